The van der Waals surface area contributed by atoms with Crippen molar-refractivity contribution in [2.24, 2.45) is 11.8 Å². The molecule has 13 heavy (non-hydrogen) atoms. The van der Waals surface area contributed by atoms with E-state index in [0.717, 1.165) is 11.8 Å². The molecule has 0 N–H and O–H groups in total. The second-order valence-corrected chi connectivity index (χ2v) is 3.94. The SMILES string of the molecule is C.C=C1CCC2CCCC2C1.CC. The molecule has 0 aromatic rings. The first-order valence-electron chi connectivity index (χ1n) is 5.53. The van der Waals surface area contributed by atoms with Crippen LogP contribution >= 0.6 is 0 Å². The van der Waals surface area contributed by atoms with Crippen molar-refractivity contribution in [3.8, 4) is 0 Å². The standard InChI is InChI=1S/C10H16.C2H6.CH4/c1-8-5-6-9-3-2-4-10(9)7-8;1-2;/h9-10H,1-7H2;1-2H3;1H4. The van der Waals surface area contributed by atoms with Gasteiger partial charge in [-0.3, -0.25) is 0 Å². The quantitative estimate of drug-likeness (QED) is 0.472. The second kappa shape index (κ2) is 6.23. The largest absolute Gasteiger partial charge is 0.0999 e. The number of fused-ring (bicyclic) bond motifs is 1. The molecule has 78 valence electrons. The molecule has 0 heterocycles. The summed E-state index contributed by atoms with van der Waals surface area (Å²) in [7, 11) is 0. The van der Waals surface area contributed by atoms with Gasteiger partial charge in [0.25, 0.3) is 0 Å². The van der Waals surface area contributed by atoms with Gasteiger partial charge in [-0.05, 0) is 37.5 Å². The van der Waals surface area contributed by atoms with E-state index in [-0.39, 0.29) is 7.43 Å². The first-order valence-corrected chi connectivity index (χ1v) is 5.53. The Labute approximate surface area is 84.4 Å². The summed E-state index contributed by atoms with van der Waals surface area (Å²) in [6.45, 7) is 8.07. The van der Waals surface area contributed by atoms with E-state index in [2.05, 4.69) is 6.58 Å². The zero-order valence-electron chi connectivity index (χ0n) is 8.60. The topological polar surface area (TPSA) is 0 Å². The van der Waals surface area contributed by atoms with Gasteiger partial charge in [-0.15, -0.1) is 0 Å². The van der Waals surface area contributed by atoms with Crippen LogP contribution in [0.5, 0.6) is 0 Å². The van der Waals surface area contributed by atoms with Crippen LogP contribution < -0.4 is 0 Å². The smallest absolute Gasteiger partial charge is 0.0292 e. The maximum Gasteiger partial charge on any atom is -0.0292 e. The molecular formula is C13H26. The minimum Gasteiger partial charge on any atom is -0.0999 e. The molecule has 2 rings (SSSR count). The minimum absolute atomic E-state index is 0. The Morgan fingerprint density at radius 3 is 2.38 bits per heavy atom. The Kier molecular flexibility index (Phi) is 6.11. The molecule has 0 nitrogen and oxygen atoms in total. The highest BCUT2D eigenvalue weighted by atomic mass is 14.4. The Balaban J connectivity index is 0.000000451. The third-order valence-corrected chi connectivity index (χ3v) is 3.24. The number of hydrogen-bond donors (Lipinski definition) is 0. The summed E-state index contributed by atoms with van der Waals surface area (Å²) in [6, 6.07) is 0. The van der Waals surface area contributed by atoms with Crippen molar-refractivity contribution >= 4 is 0 Å². The van der Waals surface area contributed by atoms with Crippen LogP contribution in [0.1, 0.15) is 59.8 Å². The molecule has 2 aliphatic rings. The van der Waals surface area contributed by atoms with Crippen molar-refractivity contribution in [2.45, 2.75) is 59.8 Å². The Morgan fingerprint density at radius 2 is 1.69 bits per heavy atom. The first-order chi connectivity index (χ1) is 5.86. The molecule has 0 amide bonds. The van der Waals surface area contributed by atoms with Gasteiger partial charge in [0.1, 0.15) is 0 Å². The molecule has 2 atom stereocenters. The molecule has 2 fully saturated rings. The predicted octanol–water partition coefficient (Wildman–Crippen LogP) is 4.81. The summed E-state index contributed by atoms with van der Waals surface area (Å²) < 4.78 is 0. The molecule has 0 aromatic heterocycles. The molecule has 0 radical (unpaired) electrons. The highest BCUT2D eigenvalue weighted by molar-refractivity contribution is 5.02. The number of allylic oxidation sites excluding steroid dienone is 1. The highest BCUT2D eigenvalue weighted by Gasteiger charge is 2.30. The summed E-state index contributed by atoms with van der Waals surface area (Å²) in [5.41, 5.74) is 1.52. The van der Waals surface area contributed by atoms with E-state index in [0.29, 0.717) is 0 Å². The Morgan fingerprint density at radius 1 is 1.08 bits per heavy atom. The zero-order chi connectivity index (χ0) is 8.97. The van der Waals surface area contributed by atoms with Crippen LogP contribution in [-0.4, -0.2) is 0 Å². The zero-order valence-corrected chi connectivity index (χ0v) is 8.60. The number of rotatable bonds is 0. The normalized spacial score (nSPS) is 31.1. The summed E-state index contributed by atoms with van der Waals surface area (Å²) in [5, 5.41) is 0. The van der Waals surface area contributed by atoms with Crippen LogP contribution in [0.25, 0.3) is 0 Å². The molecule has 2 unspecified atom stereocenters. The number of hydrogen-bond acceptors (Lipinski definition) is 0. The van der Waals surface area contributed by atoms with Gasteiger partial charge in [-0.2, -0.15) is 0 Å². The molecule has 0 aliphatic heterocycles. The van der Waals surface area contributed by atoms with Gasteiger partial charge in [0, 0.05) is 0 Å². The summed E-state index contributed by atoms with van der Waals surface area (Å²) >= 11 is 0. The fourth-order valence-corrected chi connectivity index (χ4v) is 2.62. The van der Waals surface area contributed by atoms with Crippen molar-refractivity contribution in [2.75, 3.05) is 0 Å². The van der Waals surface area contributed by atoms with E-state index in [1.165, 1.54) is 44.1 Å². The molecule has 2 aliphatic carbocycles. The molecule has 2 saturated carbocycles. The van der Waals surface area contributed by atoms with Gasteiger partial charge in [0.15, 0.2) is 0 Å². The summed E-state index contributed by atoms with van der Waals surface area (Å²) in [6.07, 6.45) is 8.61. The first kappa shape index (κ1) is 12.7. The van der Waals surface area contributed by atoms with Gasteiger partial charge >= 0.3 is 0 Å². The fraction of sp³-hybridized carbons (Fsp3) is 0.846. The fourth-order valence-electron chi connectivity index (χ4n) is 2.62. The average molecular weight is 182 g/mol. The molecule has 0 bridgehead atoms. The molecule has 0 aromatic carbocycles. The van der Waals surface area contributed by atoms with Gasteiger partial charge < -0.3 is 0 Å². The predicted molar refractivity (Wildman–Crippen MR) is 61.9 cm³/mol. The molecule has 0 heteroatoms. The third-order valence-electron chi connectivity index (χ3n) is 3.24. The van der Waals surface area contributed by atoms with Crippen molar-refractivity contribution in [3.63, 3.8) is 0 Å². The van der Waals surface area contributed by atoms with Gasteiger partial charge in [0.2, 0.25) is 0 Å². The lowest BCUT2D eigenvalue weighted by molar-refractivity contribution is 0.324. The summed E-state index contributed by atoms with van der Waals surface area (Å²) in [4.78, 5) is 0. The maximum atomic E-state index is 4.07. The van der Waals surface area contributed by atoms with Gasteiger partial charge in [0.05, 0.1) is 0 Å². The van der Waals surface area contributed by atoms with E-state index in [1.807, 2.05) is 13.8 Å². The second-order valence-electron chi connectivity index (χ2n) is 3.94. The Hall–Kier alpha value is -0.260. The van der Waals surface area contributed by atoms with Gasteiger partial charge in [-0.25, -0.2) is 0 Å². The van der Waals surface area contributed by atoms with Crippen LogP contribution in [0.2, 0.25) is 0 Å². The van der Waals surface area contributed by atoms with Crippen LogP contribution in [0.3, 0.4) is 0 Å². The molecule has 0 spiro atoms. The third kappa shape index (κ3) is 3.17. The van der Waals surface area contributed by atoms with Crippen LogP contribution in [0.4, 0.5) is 0 Å². The maximum absolute atomic E-state index is 4.07. The van der Waals surface area contributed by atoms with Crippen LogP contribution in [-0.2, 0) is 0 Å². The molecule has 0 saturated heterocycles. The van der Waals surface area contributed by atoms with Crippen molar-refractivity contribution in [1.29, 1.82) is 0 Å². The van der Waals surface area contributed by atoms with E-state index in [1.54, 1.807) is 0 Å². The lowest BCUT2D eigenvalue weighted by Gasteiger charge is -2.26. The van der Waals surface area contributed by atoms with Crippen molar-refractivity contribution in [3.05, 3.63) is 12.2 Å². The monoisotopic (exact) mass is 182 g/mol. The lowest BCUT2D eigenvalue weighted by atomic mass is 9.80. The van der Waals surface area contributed by atoms with E-state index < -0.39 is 0 Å². The van der Waals surface area contributed by atoms with Gasteiger partial charge in [-0.1, -0.05) is 46.3 Å². The van der Waals surface area contributed by atoms with Crippen LogP contribution in [0, 0.1) is 11.8 Å². The molecular weight excluding hydrogens is 156 g/mol. The van der Waals surface area contributed by atoms with Crippen molar-refractivity contribution in [1.82, 2.24) is 0 Å². The van der Waals surface area contributed by atoms with E-state index in [4.69, 9.17) is 0 Å². The average Bonchev–Trinajstić information content (AvgIpc) is 2.54. The van der Waals surface area contributed by atoms with E-state index >= 15 is 0 Å². The van der Waals surface area contributed by atoms with E-state index in [9.17, 15) is 0 Å². The minimum atomic E-state index is 0. The highest BCUT2D eigenvalue weighted by Crippen LogP contribution is 2.43. The Bertz CT molecular complexity index is 146. The van der Waals surface area contributed by atoms with Crippen LogP contribution in [0.15, 0.2) is 12.2 Å². The van der Waals surface area contributed by atoms with Crippen molar-refractivity contribution < 1.29 is 0 Å². The lowest BCUT2D eigenvalue weighted by Crippen LogP contribution is -2.14. The summed E-state index contributed by atoms with van der Waals surface area (Å²) in [5.74, 6) is 2.13.